The molecule has 3 aromatic rings. The number of hydrogen-bond acceptors (Lipinski definition) is 6. The number of nitrogens with zero attached hydrogens (tertiary/aromatic N) is 5. The predicted molar refractivity (Wildman–Crippen MR) is 142 cm³/mol. The number of halogens is 1. The summed E-state index contributed by atoms with van der Waals surface area (Å²) in [5.74, 6) is -0.205. The molecule has 0 N–H and O–H groups in total. The fraction of sp³-hybridized carbons (Fsp3) is 0.379. The van der Waals surface area contributed by atoms with Crippen LogP contribution < -0.4 is 4.90 Å². The summed E-state index contributed by atoms with van der Waals surface area (Å²) in [6.45, 7) is 5.21. The summed E-state index contributed by atoms with van der Waals surface area (Å²) in [6, 6.07) is 17.7. The van der Waals surface area contributed by atoms with Gasteiger partial charge in [-0.25, -0.2) is 4.39 Å². The van der Waals surface area contributed by atoms with Gasteiger partial charge in [0.1, 0.15) is 12.4 Å². The van der Waals surface area contributed by atoms with Crippen LogP contribution in [0, 0.1) is 12.7 Å². The van der Waals surface area contributed by atoms with Crippen molar-refractivity contribution in [2.75, 3.05) is 50.8 Å². The molecule has 5 rings (SSSR count). The first kappa shape index (κ1) is 25.8. The Bertz CT molecular complexity index is 1250. The number of amides is 2. The van der Waals surface area contributed by atoms with Crippen LogP contribution in [0.15, 0.2) is 60.7 Å². The van der Waals surface area contributed by atoms with Gasteiger partial charge < -0.3 is 19.4 Å². The molecule has 1 atom stereocenters. The summed E-state index contributed by atoms with van der Waals surface area (Å²) in [4.78, 5) is 31.8. The van der Waals surface area contributed by atoms with E-state index < -0.39 is 5.82 Å². The molecule has 0 bridgehead atoms. The third-order valence-corrected chi connectivity index (χ3v) is 7.09. The highest BCUT2D eigenvalue weighted by molar-refractivity contribution is 5.96. The average molecular weight is 518 g/mol. The zero-order chi connectivity index (χ0) is 26.5. The lowest BCUT2D eigenvalue weighted by Crippen LogP contribution is -2.52. The molecule has 1 unspecified atom stereocenters. The summed E-state index contributed by atoms with van der Waals surface area (Å²) in [5, 5.41) is 8.81. The van der Waals surface area contributed by atoms with Crippen molar-refractivity contribution >= 4 is 17.6 Å². The second-order valence-electron chi connectivity index (χ2n) is 9.84. The van der Waals surface area contributed by atoms with Crippen LogP contribution in [0.5, 0.6) is 0 Å². The molecule has 2 amide bonds. The van der Waals surface area contributed by atoms with Gasteiger partial charge in [0, 0.05) is 50.5 Å². The summed E-state index contributed by atoms with van der Waals surface area (Å²) < 4.78 is 19.5. The fourth-order valence-corrected chi connectivity index (χ4v) is 4.88. The van der Waals surface area contributed by atoms with Gasteiger partial charge in [0.05, 0.1) is 11.8 Å². The van der Waals surface area contributed by atoms with Gasteiger partial charge in [0.25, 0.3) is 5.91 Å². The molecular weight excluding hydrogens is 485 g/mol. The molecule has 38 heavy (non-hydrogen) atoms. The first-order valence-electron chi connectivity index (χ1n) is 13.1. The maximum atomic E-state index is 13.8. The van der Waals surface area contributed by atoms with Crippen LogP contribution in [0.1, 0.15) is 28.8 Å². The summed E-state index contributed by atoms with van der Waals surface area (Å²) in [5.41, 5.74) is 3.26. The number of rotatable bonds is 7. The SMILES string of the molecule is Cc1ccc(-c2ccc(N3CCN(C(=O)CN(CC4CCCO4)C(=O)c4cccc(F)c4)CC3)nn2)cc1. The van der Waals surface area contributed by atoms with Gasteiger partial charge in [-0.15, -0.1) is 10.2 Å². The molecule has 2 fully saturated rings. The van der Waals surface area contributed by atoms with Crippen LogP contribution in [-0.2, 0) is 9.53 Å². The molecule has 0 saturated carbocycles. The van der Waals surface area contributed by atoms with Crippen molar-refractivity contribution in [3.8, 4) is 11.3 Å². The molecule has 0 spiro atoms. The van der Waals surface area contributed by atoms with Crippen LogP contribution in [0.4, 0.5) is 10.2 Å². The van der Waals surface area contributed by atoms with Gasteiger partial charge >= 0.3 is 0 Å². The molecule has 2 aromatic carbocycles. The molecule has 8 nitrogen and oxygen atoms in total. The number of carbonyl (C=O) groups is 2. The van der Waals surface area contributed by atoms with Gasteiger partial charge in [0.15, 0.2) is 5.82 Å². The van der Waals surface area contributed by atoms with Gasteiger partial charge in [-0.3, -0.25) is 9.59 Å². The zero-order valence-electron chi connectivity index (χ0n) is 21.6. The van der Waals surface area contributed by atoms with Gasteiger partial charge in [-0.1, -0.05) is 35.9 Å². The Kier molecular flexibility index (Phi) is 7.93. The third-order valence-electron chi connectivity index (χ3n) is 7.09. The topological polar surface area (TPSA) is 78.9 Å². The average Bonchev–Trinajstić information content (AvgIpc) is 3.46. The Morgan fingerprint density at radius 1 is 1.03 bits per heavy atom. The Morgan fingerprint density at radius 2 is 1.82 bits per heavy atom. The lowest BCUT2D eigenvalue weighted by molar-refractivity contribution is -0.132. The molecular formula is C29H32FN5O3. The van der Waals surface area contributed by atoms with Crippen molar-refractivity contribution in [2.24, 2.45) is 0 Å². The molecule has 1 aromatic heterocycles. The summed E-state index contributed by atoms with van der Waals surface area (Å²) >= 11 is 0. The van der Waals surface area contributed by atoms with E-state index in [0.29, 0.717) is 39.3 Å². The number of piperazine rings is 1. The quantitative estimate of drug-likeness (QED) is 0.477. The van der Waals surface area contributed by atoms with Gasteiger partial charge in [-0.05, 0) is 50.1 Å². The second-order valence-corrected chi connectivity index (χ2v) is 9.84. The highest BCUT2D eigenvalue weighted by Crippen LogP contribution is 2.21. The minimum atomic E-state index is -0.481. The van der Waals surface area contributed by atoms with Gasteiger partial charge in [-0.2, -0.15) is 0 Å². The normalized spacial score (nSPS) is 17.5. The Labute approximate surface area is 222 Å². The number of hydrogen-bond donors (Lipinski definition) is 0. The van der Waals surface area contributed by atoms with E-state index in [1.54, 1.807) is 11.0 Å². The van der Waals surface area contributed by atoms with Crippen molar-refractivity contribution in [3.05, 3.63) is 77.6 Å². The molecule has 0 radical (unpaired) electrons. The first-order chi connectivity index (χ1) is 18.5. The van der Waals surface area contributed by atoms with E-state index in [9.17, 15) is 14.0 Å². The Hall–Kier alpha value is -3.85. The molecule has 2 aliphatic rings. The second kappa shape index (κ2) is 11.7. The minimum Gasteiger partial charge on any atom is -0.376 e. The first-order valence-corrected chi connectivity index (χ1v) is 13.1. The van der Waals surface area contributed by atoms with Crippen molar-refractivity contribution in [1.82, 2.24) is 20.0 Å². The number of aromatic nitrogens is 2. The predicted octanol–water partition coefficient (Wildman–Crippen LogP) is 3.56. The van der Waals surface area contributed by atoms with E-state index in [-0.39, 0.29) is 30.0 Å². The van der Waals surface area contributed by atoms with Crippen molar-refractivity contribution < 1.29 is 18.7 Å². The van der Waals surface area contributed by atoms with Crippen molar-refractivity contribution in [2.45, 2.75) is 25.9 Å². The van der Waals surface area contributed by atoms with E-state index in [0.717, 1.165) is 29.9 Å². The van der Waals surface area contributed by atoms with E-state index >= 15 is 0 Å². The van der Waals surface area contributed by atoms with Crippen molar-refractivity contribution in [3.63, 3.8) is 0 Å². The number of benzene rings is 2. The molecule has 198 valence electrons. The fourth-order valence-electron chi connectivity index (χ4n) is 4.88. The Morgan fingerprint density at radius 3 is 2.47 bits per heavy atom. The number of aryl methyl sites for hydroxylation is 1. The van der Waals surface area contributed by atoms with Crippen LogP contribution in [0.25, 0.3) is 11.3 Å². The molecule has 3 heterocycles. The highest BCUT2D eigenvalue weighted by Gasteiger charge is 2.29. The van der Waals surface area contributed by atoms with Crippen LogP contribution in [0.2, 0.25) is 0 Å². The maximum Gasteiger partial charge on any atom is 0.254 e. The third kappa shape index (κ3) is 6.16. The van der Waals surface area contributed by atoms with E-state index in [4.69, 9.17) is 4.74 Å². The summed E-state index contributed by atoms with van der Waals surface area (Å²) in [6.07, 6.45) is 1.65. The maximum absolute atomic E-state index is 13.8. The Balaban J connectivity index is 1.19. The van der Waals surface area contributed by atoms with Crippen LogP contribution >= 0.6 is 0 Å². The standard InChI is InChI=1S/C29H32FN5O3/c1-21-7-9-22(10-8-21)26-11-12-27(32-31-26)33-13-15-34(16-14-33)28(36)20-35(19-25-6-3-17-38-25)29(37)23-4-2-5-24(30)18-23/h2,4-5,7-12,18,25H,3,6,13-17,19-20H2,1H3. The van der Waals surface area contributed by atoms with Gasteiger partial charge in [0.2, 0.25) is 5.91 Å². The zero-order valence-corrected chi connectivity index (χ0v) is 21.6. The smallest absolute Gasteiger partial charge is 0.254 e. The molecule has 2 aliphatic heterocycles. The number of carbonyl (C=O) groups excluding carboxylic acids is 2. The largest absolute Gasteiger partial charge is 0.376 e. The number of anilines is 1. The van der Waals surface area contributed by atoms with E-state index in [1.165, 1.54) is 28.7 Å². The molecule has 2 saturated heterocycles. The van der Waals surface area contributed by atoms with E-state index in [2.05, 4.69) is 27.2 Å². The van der Waals surface area contributed by atoms with Crippen LogP contribution in [-0.4, -0.2) is 83.8 Å². The summed E-state index contributed by atoms with van der Waals surface area (Å²) in [7, 11) is 0. The highest BCUT2D eigenvalue weighted by atomic mass is 19.1. The van der Waals surface area contributed by atoms with Crippen molar-refractivity contribution in [1.29, 1.82) is 0 Å². The monoisotopic (exact) mass is 517 g/mol. The molecule has 9 heteroatoms. The molecule has 0 aliphatic carbocycles. The van der Waals surface area contributed by atoms with E-state index in [1.807, 2.05) is 31.2 Å². The lowest BCUT2D eigenvalue weighted by Gasteiger charge is -2.36. The number of ether oxygens (including phenoxy) is 1. The minimum absolute atomic E-state index is 0.0692. The van der Waals surface area contributed by atoms with Crippen LogP contribution in [0.3, 0.4) is 0 Å². The lowest BCUT2D eigenvalue weighted by atomic mass is 10.1.